The summed E-state index contributed by atoms with van der Waals surface area (Å²) in [5.74, 6) is 0.898. The maximum absolute atomic E-state index is 13.1. The number of aryl methyl sites for hydroxylation is 2. The number of nitrogens with one attached hydrogen (secondary N) is 1. The molecular weight excluding hydrogens is 474 g/mol. The Morgan fingerprint density at radius 2 is 1.53 bits per heavy atom. The van der Waals surface area contributed by atoms with Crippen molar-refractivity contribution in [2.75, 3.05) is 12.4 Å². The first-order chi connectivity index (χ1) is 18.5. The van der Waals surface area contributed by atoms with Gasteiger partial charge >= 0.3 is 5.97 Å². The number of anilines is 1. The standard InChI is InChI=1S/C33H37NO4/c1-38-31-5-3-2-4-30(31)34-33(37)27-16-14-26-15-18-28(21-29(26)19-17-27)25-12-10-24(11-13-25)23-8-6-22(7-9-23)20-32(35)36/h2-5,10-13,15,18,21-23,27H,6-9,14,16-17,19-20H2,1H3,(H,34,37)(H,35,36). The molecule has 0 radical (unpaired) electrons. The fourth-order valence-corrected chi connectivity index (χ4v) is 6.23. The number of benzene rings is 3. The van der Waals surface area contributed by atoms with Gasteiger partial charge < -0.3 is 15.2 Å². The monoisotopic (exact) mass is 511 g/mol. The first-order valence-electron chi connectivity index (χ1n) is 13.9. The number of carbonyl (C=O) groups is 2. The van der Waals surface area contributed by atoms with Gasteiger partial charge in [-0.25, -0.2) is 0 Å². The molecule has 1 fully saturated rings. The molecule has 5 nitrogen and oxygen atoms in total. The van der Waals surface area contributed by atoms with Crippen molar-refractivity contribution >= 4 is 17.6 Å². The fourth-order valence-electron chi connectivity index (χ4n) is 6.23. The van der Waals surface area contributed by atoms with E-state index >= 15 is 0 Å². The highest BCUT2D eigenvalue weighted by molar-refractivity contribution is 5.94. The van der Waals surface area contributed by atoms with Crippen molar-refractivity contribution in [3.63, 3.8) is 0 Å². The molecule has 0 bridgehead atoms. The van der Waals surface area contributed by atoms with E-state index in [9.17, 15) is 9.59 Å². The number of ether oxygens (including phenoxy) is 1. The summed E-state index contributed by atoms with van der Waals surface area (Å²) in [6.07, 6.45) is 7.93. The second-order valence-electron chi connectivity index (χ2n) is 10.9. The molecule has 5 heteroatoms. The van der Waals surface area contributed by atoms with Crippen LogP contribution in [0.5, 0.6) is 5.75 Å². The summed E-state index contributed by atoms with van der Waals surface area (Å²) >= 11 is 0. The van der Waals surface area contributed by atoms with Gasteiger partial charge in [0.1, 0.15) is 5.75 Å². The van der Waals surface area contributed by atoms with E-state index in [4.69, 9.17) is 9.84 Å². The molecule has 3 aromatic rings. The van der Waals surface area contributed by atoms with Crippen molar-refractivity contribution in [2.24, 2.45) is 11.8 Å². The molecule has 0 heterocycles. The minimum absolute atomic E-state index is 0.0272. The van der Waals surface area contributed by atoms with Gasteiger partial charge in [-0.2, -0.15) is 0 Å². The average Bonchev–Trinajstić information content (AvgIpc) is 3.16. The SMILES string of the molecule is COc1ccccc1NC(=O)C1CCc2ccc(-c3ccc(C4CCC(CC(=O)O)CC4)cc3)cc2CC1. The lowest BCUT2D eigenvalue weighted by atomic mass is 9.77. The van der Waals surface area contributed by atoms with Gasteiger partial charge in [-0.3, -0.25) is 9.59 Å². The third-order valence-electron chi connectivity index (χ3n) is 8.49. The highest BCUT2D eigenvalue weighted by Gasteiger charge is 2.25. The zero-order valence-corrected chi connectivity index (χ0v) is 22.1. The van der Waals surface area contributed by atoms with Crippen LogP contribution < -0.4 is 10.1 Å². The van der Waals surface area contributed by atoms with E-state index in [2.05, 4.69) is 47.8 Å². The average molecular weight is 512 g/mol. The summed E-state index contributed by atoms with van der Waals surface area (Å²) in [7, 11) is 1.62. The highest BCUT2D eigenvalue weighted by atomic mass is 16.5. The first kappa shape index (κ1) is 26.0. The van der Waals surface area contributed by atoms with Crippen LogP contribution in [0, 0.1) is 11.8 Å². The Bertz CT molecular complexity index is 1270. The lowest BCUT2D eigenvalue weighted by molar-refractivity contribution is -0.138. The normalized spacial score (nSPS) is 21.1. The van der Waals surface area contributed by atoms with Crippen LogP contribution in [0.2, 0.25) is 0 Å². The van der Waals surface area contributed by atoms with Crippen LogP contribution in [-0.4, -0.2) is 24.1 Å². The predicted molar refractivity (Wildman–Crippen MR) is 151 cm³/mol. The van der Waals surface area contributed by atoms with Crippen molar-refractivity contribution in [3.8, 4) is 16.9 Å². The van der Waals surface area contributed by atoms with Gasteiger partial charge in [0.15, 0.2) is 0 Å². The third kappa shape index (κ3) is 6.09. The van der Waals surface area contributed by atoms with Gasteiger partial charge in [-0.05, 0) is 103 Å². The Morgan fingerprint density at radius 3 is 2.24 bits per heavy atom. The second kappa shape index (κ2) is 11.8. The van der Waals surface area contributed by atoms with Crippen LogP contribution in [-0.2, 0) is 22.4 Å². The van der Waals surface area contributed by atoms with Crippen LogP contribution in [0.3, 0.4) is 0 Å². The summed E-state index contributed by atoms with van der Waals surface area (Å²) in [5, 5.41) is 12.1. The Hall–Kier alpha value is -3.60. The number of rotatable bonds is 7. The number of hydrogen-bond acceptors (Lipinski definition) is 3. The molecule has 2 N–H and O–H groups in total. The zero-order chi connectivity index (χ0) is 26.5. The molecule has 2 aliphatic rings. The highest BCUT2D eigenvalue weighted by Crippen LogP contribution is 2.38. The van der Waals surface area contributed by atoms with Gasteiger partial charge in [0.05, 0.1) is 12.8 Å². The minimum atomic E-state index is -0.676. The molecule has 1 atom stereocenters. The molecular formula is C33H37NO4. The maximum Gasteiger partial charge on any atom is 0.303 e. The quantitative estimate of drug-likeness (QED) is 0.328. The van der Waals surface area contributed by atoms with Crippen LogP contribution in [0.15, 0.2) is 66.7 Å². The van der Waals surface area contributed by atoms with Crippen molar-refractivity contribution in [2.45, 2.75) is 63.7 Å². The minimum Gasteiger partial charge on any atom is -0.495 e. The Morgan fingerprint density at radius 1 is 0.842 bits per heavy atom. The van der Waals surface area contributed by atoms with Gasteiger partial charge in [0.2, 0.25) is 5.91 Å². The molecule has 1 amide bonds. The Kier molecular flexibility index (Phi) is 8.11. The Balaban J connectivity index is 1.21. The van der Waals surface area contributed by atoms with Gasteiger partial charge in [-0.1, -0.05) is 54.6 Å². The molecule has 38 heavy (non-hydrogen) atoms. The van der Waals surface area contributed by atoms with Crippen molar-refractivity contribution in [1.29, 1.82) is 0 Å². The topological polar surface area (TPSA) is 75.6 Å². The Labute approximate surface area is 225 Å². The number of amides is 1. The summed E-state index contributed by atoms with van der Waals surface area (Å²) in [4.78, 5) is 24.1. The zero-order valence-electron chi connectivity index (χ0n) is 22.1. The van der Waals surface area contributed by atoms with Crippen LogP contribution in [0.1, 0.15) is 67.6 Å². The lowest BCUT2D eigenvalue weighted by Gasteiger charge is -2.28. The molecule has 0 aliphatic heterocycles. The summed E-state index contributed by atoms with van der Waals surface area (Å²) in [6.45, 7) is 0. The van der Waals surface area contributed by atoms with E-state index in [-0.39, 0.29) is 11.8 Å². The van der Waals surface area contributed by atoms with Crippen molar-refractivity contribution < 1.29 is 19.4 Å². The van der Waals surface area contributed by atoms with E-state index in [0.717, 1.165) is 57.1 Å². The van der Waals surface area contributed by atoms with Crippen LogP contribution in [0.25, 0.3) is 11.1 Å². The number of fused-ring (bicyclic) bond motifs is 1. The number of carboxylic acids is 1. The summed E-state index contributed by atoms with van der Waals surface area (Å²) in [6, 6.07) is 23.2. The van der Waals surface area contributed by atoms with Crippen molar-refractivity contribution in [1.82, 2.24) is 0 Å². The smallest absolute Gasteiger partial charge is 0.303 e. The number of para-hydroxylation sites is 2. The molecule has 198 valence electrons. The fraction of sp³-hybridized carbons (Fsp3) is 0.394. The molecule has 5 rings (SSSR count). The maximum atomic E-state index is 13.1. The van der Waals surface area contributed by atoms with E-state index in [1.54, 1.807) is 7.11 Å². The molecule has 1 saturated carbocycles. The molecule has 0 saturated heterocycles. The number of carboxylic acid groups (broad SMARTS) is 1. The molecule has 0 aromatic heterocycles. The number of methoxy groups -OCH3 is 1. The largest absolute Gasteiger partial charge is 0.495 e. The summed E-state index contributed by atoms with van der Waals surface area (Å²) < 4.78 is 5.39. The first-order valence-corrected chi connectivity index (χ1v) is 13.9. The molecule has 0 spiro atoms. The molecule has 2 aliphatic carbocycles. The van der Waals surface area contributed by atoms with Crippen LogP contribution >= 0.6 is 0 Å². The molecule has 3 aromatic carbocycles. The van der Waals surface area contributed by atoms with E-state index in [0.29, 0.717) is 24.0 Å². The van der Waals surface area contributed by atoms with Crippen LogP contribution in [0.4, 0.5) is 5.69 Å². The molecule has 1 unspecified atom stereocenters. The third-order valence-corrected chi connectivity index (χ3v) is 8.49. The van der Waals surface area contributed by atoms with Gasteiger partial charge in [-0.15, -0.1) is 0 Å². The number of aliphatic carboxylic acids is 1. The second-order valence-corrected chi connectivity index (χ2v) is 10.9. The predicted octanol–water partition coefficient (Wildman–Crippen LogP) is 7.24. The summed E-state index contributed by atoms with van der Waals surface area (Å²) in [5.41, 5.74) is 7.21. The van der Waals surface area contributed by atoms with Gasteiger partial charge in [0, 0.05) is 12.3 Å². The number of carbonyl (C=O) groups excluding carboxylic acids is 1. The van der Waals surface area contributed by atoms with E-state index < -0.39 is 5.97 Å². The lowest BCUT2D eigenvalue weighted by Crippen LogP contribution is -2.23. The van der Waals surface area contributed by atoms with E-state index in [1.807, 2.05) is 24.3 Å². The van der Waals surface area contributed by atoms with Gasteiger partial charge in [0.25, 0.3) is 0 Å². The van der Waals surface area contributed by atoms with Crippen molar-refractivity contribution in [3.05, 3.63) is 83.4 Å². The number of hydrogen-bond donors (Lipinski definition) is 2. The van der Waals surface area contributed by atoms with E-state index in [1.165, 1.54) is 27.8 Å².